The Morgan fingerprint density at radius 1 is 1.03 bits per heavy atom. The van der Waals surface area contributed by atoms with Crippen LogP contribution in [0.15, 0.2) is 76.8 Å². The molecule has 31 heavy (non-hydrogen) atoms. The number of amides is 1. The second-order valence-electron chi connectivity index (χ2n) is 7.59. The number of hydrogen-bond acceptors (Lipinski definition) is 5. The van der Waals surface area contributed by atoms with Crippen molar-refractivity contribution >= 4 is 26.8 Å². The summed E-state index contributed by atoms with van der Waals surface area (Å²) in [5.41, 5.74) is 2.81. The van der Waals surface area contributed by atoms with E-state index in [1.54, 1.807) is 54.7 Å². The van der Waals surface area contributed by atoms with Gasteiger partial charge in [-0.25, -0.2) is 13.4 Å². The zero-order valence-corrected chi connectivity index (χ0v) is 18.0. The van der Waals surface area contributed by atoms with Gasteiger partial charge < -0.3 is 5.32 Å². The minimum Gasteiger partial charge on any atom is -0.348 e. The van der Waals surface area contributed by atoms with Gasteiger partial charge in [0.15, 0.2) is 5.65 Å². The summed E-state index contributed by atoms with van der Waals surface area (Å²) in [5, 5.41) is 10.2. The van der Waals surface area contributed by atoms with Gasteiger partial charge in [0.25, 0.3) is 5.91 Å². The summed E-state index contributed by atoms with van der Waals surface area (Å²) in [7, 11) is -3.61. The van der Waals surface area contributed by atoms with Crippen molar-refractivity contribution in [2.45, 2.75) is 36.1 Å². The lowest BCUT2D eigenvalue weighted by Crippen LogP contribution is -2.22. The van der Waals surface area contributed by atoms with Gasteiger partial charge in [-0.2, -0.15) is 5.10 Å². The molecule has 2 N–H and O–H groups in total. The molecule has 2 aromatic heterocycles. The SMILES string of the molecule is CC(C)c1cccc(S(=O)(=O)c2ccc(CNC(=O)c3cnc4[nH]ncc4c3)cc2)c1. The molecule has 2 aromatic carbocycles. The molecule has 0 spiro atoms. The van der Waals surface area contributed by atoms with E-state index in [0.717, 1.165) is 16.5 Å². The average molecular weight is 435 g/mol. The lowest BCUT2D eigenvalue weighted by Gasteiger charge is -2.10. The second kappa shape index (κ2) is 8.31. The molecule has 0 aliphatic heterocycles. The first-order valence-electron chi connectivity index (χ1n) is 9.86. The second-order valence-corrected chi connectivity index (χ2v) is 9.54. The maximum absolute atomic E-state index is 13.0. The van der Waals surface area contributed by atoms with Gasteiger partial charge in [-0.1, -0.05) is 38.1 Å². The summed E-state index contributed by atoms with van der Waals surface area (Å²) in [6.45, 7) is 4.32. The molecule has 0 bridgehead atoms. The fraction of sp³-hybridized carbons (Fsp3) is 0.174. The van der Waals surface area contributed by atoms with E-state index in [9.17, 15) is 13.2 Å². The summed E-state index contributed by atoms with van der Waals surface area (Å²) in [4.78, 5) is 17.1. The molecule has 0 atom stereocenters. The van der Waals surface area contributed by atoms with Crippen LogP contribution < -0.4 is 5.32 Å². The highest BCUT2D eigenvalue weighted by Crippen LogP contribution is 2.24. The minimum atomic E-state index is -3.61. The number of aromatic nitrogens is 3. The number of rotatable bonds is 6. The van der Waals surface area contributed by atoms with Gasteiger partial charge in [-0.15, -0.1) is 0 Å². The number of aromatic amines is 1. The molecule has 0 aliphatic carbocycles. The Kier molecular flexibility index (Phi) is 5.56. The largest absolute Gasteiger partial charge is 0.348 e. The van der Waals surface area contributed by atoms with E-state index < -0.39 is 9.84 Å². The van der Waals surface area contributed by atoms with Crippen molar-refractivity contribution in [1.82, 2.24) is 20.5 Å². The molecule has 4 rings (SSSR count). The van der Waals surface area contributed by atoms with Crippen molar-refractivity contribution < 1.29 is 13.2 Å². The molecular formula is C23H22N4O3S. The number of carbonyl (C=O) groups is 1. The Morgan fingerprint density at radius 2 is 1.81 bits per heavy atom. The number of hydrogen-bond donors (Lipinski definition) is 2. The van der Waals surface area contributed by atoms with Crippen LogP contribution >= 0.6 is 0 Å². The van der Waals surface area contributed by atoms with Crippen LogP contribution in [0.3, 0.4) is 0 Å². The molecule has 158 valence electrons. The Balaban J connectivity index is 1.46. The predicted molar refractivity (Wildman–Crippen MR) is 117 cm³/mol. The van der Waals surface area contributed by atoms with Gasteiger partial charge in [0.05, 0.1) is 21.6 Å². The molecule has 0 radical (unpaired) electrons. The number of fused-ring (bicyclic) bond motifs is 1. The lowest BCUT2D eigenvalue weighted by atomic mass is 10.0. The zero-order chi connectivity index (χ0) is 22.0. The Morgan fingerprint density at radius 3 is 2.55 bits per heavy atom. The highest BCUT2D eigenvalue weighted by atomic mass is 32.2. The lowest BCUT2D eigenvalue weighted by molar-refractivity contribution is 0.0950. The van der Waals surface area contributed by atoms with Crippen molar-refractivity contribution in [2.24, 2.45) is 0 Å². The molecule has 4 aromatic rings. The van der Waals surface area contributed by atoms with E-state index in [2.05, 4.69) is 20.5 Å². The third kappa shape index (κ3) is 4.34. The molecule has 8 heteroatoms. The van der Waals surface area contributed by atoms with Crippen LogP contribution in [0.1, 0.15) is 41.3 Å². The average Bonchev–Trinajstić information content (AvgIpc) is 3.25. The predicted octanol–water partition coefficient (Wildman–Crippen LogP) is 3.84. The maximum atomic E-state index is 13.0. The number of sulfone groups is 1. The molecule has 0 aliphatic rings. The quantitative estimate of drug-likeness (QED) is 0.480. The molecule has 0 unspecified atom stereocenters. The van der Waals surface area contributed by atoms with Crippen LogP contribution in [0.5, 0.6) is 0 Å². The highest BCUT2D eigenvalue weighted by Gasteiger charge is 2.18. The van der Waals surface area contributed by atoms with Gasteiger partial charge in [0, 0.05) is 18.1 Å². The standard InChI is InChI=1S/C23H22N4O3S/c1-15(2)17-4-3-5-21(11-17)31(29,30)20-8-6-16(7-9-20)12-25-23(28)19-10-18-14-26-27-22(18)24-13-19/h3-11,13-15H,12H2,1-2H3,(H,25,28)(H,24,26,27). The molecule has 2 heterocycles. The van der Waals surface area contributed by atoms with Crippen molar-refractivity contribution in [2.75, 3.05) is 0 Å². The molecule has 0 saturated carbocycles. The Hall–Kier alpha value is -3.52. The van der Waals surface area contributed by atoms with Crippen LogP contribution in [0, 0.1) is 0 Å². The monoisotopic (exact) mass is 434 g/mol. The number of carbonyl (C=O) groups excluding carboxylic acids is 1. The molecular weight excluding hydrogens is 412 g/mol. The normalized spacial score (nSPS) is 11.7. The van der Waals surface area contributed by atoms with E-state index >= 15 is 0 Å². The fourth-order valence-corrected chi connectivity index (χ4v) is 4.52. The minimum absolute atomic E-state index is 0.220. The summed E-state index contributed by atoms with van der Waals surface area (Å²) < 4.78 is 25.9. The zero-order valence-electron chi connectivity index (χ0n) is 17.2. The van der Waals surface area contributed by atoms with E-state index in [0.29, 0.717) is 11.2 Å². The van der Waals surface area contributed by atoms with E-state index in [4.69, 9.17) is 0 Å². The molecule has 1 amide bonds. The molecule has 0 fully saturated rings. The van der Waals surface area contributed by atoms with Gasteiger partial charge in [0.1, 0.15) is 0 Å². The van der Waals surface area contributed by atoms with Gasteiger partial charge in [0.2, 0.25) is 9.84 Å². The number of pyridine rings is 1. The van der Waals surface area contributed by atoms with Gasteiger partial charge in [-0.3, -0.25) is 9.89 Å². The van der Waals surface area contributed by atoms with Crippen molar-refractivity contribution in [3.63, 3.8) is 0 Å². The molecule has 7 nitrogen and oxygen atoms in total. The van der Waals surface area contributed by atoms with E-state index in [1.807, 2.05) is 19.9 Å². The van der Waals surface area contributed by atoms with Gasteiger partial charge in [-0.05, 0) is 47.4 Å². The van der Waals surface area contributed by atoms with Crippen LogP contribution in [-0.4, -0.2) is 29.5 Å². The maximum Gasteiger partial charge on any atom is 0.253 e. The summed E-state index contributed by atoms with van der Waals surface area (Å²) >= 11 is 0. The number of nitrogens with zero attached hydrogens (tertiary/aromatic N) is 2. The smallest absolute Gasteiger partial charge is 0.253 e. The molecule has 0 saturated heterocycles. The van der Waals surface area contributed by atoms with Gasteiger partial charge >= 0.3 is 0 Å². The third-order valence-corrected chi connectivity index (χ3v) is 6.84. The highest BCUT2D eigenvalue weighted by molar-refractivity contribution is 7.91. The summed E-state index contributed by atoms with van der Waals surface area (Å²) in [6.07, 6.45) is 3.09. The van der Waals surface area contributed by atoms with E-state index in [-0.39, 0.29) is 28.2 Å². The van der Waals surface area contributed by atoms with Crippen LogP contribution in [0.4, 0.5) is 0 Å². The first-order chi connectivity index (χ1) is 14.8. The number of nitrogens with one attached hydrogen (secondary N) is 2. The Labute approximate surface area is 180 Å². The summed E-state index contributed by atoms with van der Waals surface area (Å²) in [6, 6.07) is 15.3. The van der Waals surface area contributed by atoms with Crippen molar-refractivity contribution in [1.29, 1.82) is 0 Å². The number of H-pyrrole nitrogens is 1. The van der Waals surface area contributed by atoms with Crippen molar-refractivity contribution in [3.8, 4) is 0 Å². The van der Waals surface area contributed by atoms with Crippen LogP contribution in [-0.2, 0) is 16.4 Å². The Bertz CT molecular complexity index is 1340. The first kappa shape index (κ1) is 20.7. The topological polar surface area (TPSA) is 105 Å². The first-order valence-corrected chi connectivity index (χ1v) is 11.3. The van der Waals surface area contributed by atoms with Crippen LogP contribution in [0.25, 0.3) is 11.0 Å². The van der Waals surface area contributed by atoms with E-state index in [1.165, 1.54) is 6.20 Å². The third-order valence-electron chi connectivity index (χ3n) is 5.08. The van der Waals surface area contributed by atoms with Crippen molar-refractivity contribution in [3.05, 3.63) is 83.7 Å². The fourth-order valence-electron chi connectivity index (χ4n) is 3.21. The van der Waals surface area contributed by atoms with Crippen LogP contribution in [0.2, 0.25) is 0 Å². The summed E-state index contributed by atoms with van der Waals surface area (Å²) in [5.74, 6) is -0.0247. The number of benzene rings is 2.